The van der Waals surface area contributed by atoms with Crippen molar-refractivity contribution in [1.29, 1.82) is 0 Å². The first-order chi connectivity index (χ1) is 8.27. The van der Waals surface area contributed by atoms with Gasteiger partial charge in [-0.25, -0.2) is 0 Å². The fraction of sp³-hybridized carbons (Fsp3) is 0.875. The Balaban J connectivity index is 3.04. The first kappa shape index (κ1) is 16.7. The largest absolute Gasteiger partial charge is 0.393 e. The van der Waals surface area contributed by atoms with E-state index in [1.54, 1.807) is 0 Å². The normalized spacial score (nSPS) is 13.4. The molecule has 1 unspecified atom stereocenters. The Hall–Kier alpha value is -0.300. The molecule has 0 spiro atoms. The molecular weight excluding hydrogens is 208 g/mol. The summed E-state index contributed by atoms with van der Waals surface area (Å²) in [6.07, 6.45) is 18.6. The molecule has 0 aromatic carbocycles. The fourth-order valence-electron chi connectivity index (χ4n) is 1.98. The zero-order chi connectivity index (χ0) is 12.8. The highest BCUT2D eigenvalue weighted by molar-refractivity contribution is 4.81. The molecule has 0 aliphatic rings. The molecule has 0 saturated carbocycles. The van der Waals surface area contributed by atoms with Crippen LogP contribution in [0.25, 0.3) is 0 Å². The van der Waals surface area contributed by atoms with Crippen LogP contribution in [0.3, 0.4) is 0 Å². The number of allylic oxidation sites excluding steroid dienone is 2. The van der Waals surface area contributed by atoms with Gasteiger partial charge in [-0.3, -0.25) is 0 Å². The zero-order valence-electron chi connectivity index (χ0n) is 12.0. The topological polar surface area (TPSA) is 20.2 Å². The van der Waals surface area contributed by atoms with E-state index < -0.39 is 0 Å². The lowest BCUT2D eigenvalue weighted by molar-refractivity contribution is 0.180. The van der Waals surface area contributed by atoms with Crippen LogP contribution < -0.4 is 0 Å². The summed E-state index contributed by atoms with van der Waals surface area (Å²) >= 11 is 0. The van der Waals surface area contributed by atoms with Crippen molar-refractivity contribution in [3.8, 4) is 0 Å². The molecule has 0 saturated heterocycles. The second-order valence-electron chi connectivity index (χ2n) is 5.16. The second-order valence-corrected chi connectivity index (χ2v) is 5.16. The van der Waals surface area contributed by atoms with Gasteiger partial charge in [-0.15, -0.1) is 0 Å². The van der Waals surface area contributed by atoms with Crippen LogP contribution in [-0.4, -0.2) is 11.2 Å². The maximum Gasteiger partial charge on any atom is 0.0512 e. The number of aliphatic hydroxyl groups excluding tert-OH is 1. The standard InChI is InChI=1S/C16H32O/c1-3-4-5-6-7-8-9-10-11-12-13-14-15-16(2)17/h8-9,16-17H,3-7,10-15H2,1-2H3/b9-8+. The van der Waals surface area contributed by atoms with Crippen molar-refractivity contribution in [2.75, 3.05) is 0 Å². The Kier molecular flexibility index (Phi) is 13.5. The molecule has 0 amide bonds. The third-order valence-corrected chi connectivity index (χ3v) is 3.13. The van der Waals surface area contributed by atoms with Crippen LogP contribution in [0.5, 0.6) is 0 Å². The molecule has 0 aliphatic carbocycles. The molecule has 1 N–H and O–H groups in total. The predicted octanol–water partition coefficient (Wildman–Crippen LogP) is 5.23. The summed E-state index contributed by atoms with van der Waals surface area (Å²) in [5, 5.41) is 9.10. The minimum atomic E-state index is -0.113. The van der Waals surface area contributed by atoms with Crippen molar-refractivity contribution < 1.29 is 5.11 Å². The summed E-state index contributed by atoms with van der Waals surface area (Å²) in [4.78, 5) is 0. The van der Waals surface area contributed by atoms with Gasteiger partial charge in [0.1, 0.15) is 0 Å². The SMILES string of the molecule is CCCCCC/C=C/CCCCCCC(C)O. The van der Waals surface area contributed by atoms with Crippen LogP contribution in [0, 0.1) is 0 Å². The van der Waals surface area contributed by atoms with Crippen molar-refractivity contribution in [3.63, 3.8) is 0 Å². The number of hydrogen-bond donors (Lipinski definition) is 1. The molecule has 0 fully saturated rings. The molecule has 1 heteroatoms. The maximum absolute atomic E-state index is 9.10. The fourth-order valence-corrected chi connectivity index (χ4v) is 1.98. The summed E-state index contributed by atoms with van der Waals surface area (Å²) in [6, 6.07) is 0. The number of hydrogen-bond acceptors (Lipinski definition) is 1. The van der Waals surface area contributed by atoms with Crippen molar-refractivity contribution in [2.45, 2.75) is 90.6 Å². The number of aliphatic hydroxyl groups is 1. The highest BCUT2D eigenvalue weighted by Gasteiger charge is 1.94. The van der Waals surface area contributed by atoms with E-state index in [-0.39, 0.29) is 6.10 Å². The molecule has 17 heavy (non-hydrogen) atoms. The van der Waals surface area contributed by atoms with E-state index in [1.807, 2.05) is 6.92 Å². The minimum Gasteiger partial charge on any atom is -0.393 e. The Bertz CT molecular complexity index is 161. The van der Waals surface area contributed by atoms with Crippen LogP contribution in [-0.2, 0) is 0 Å². The smallest absolute Gasteiger partial charge is 0.0512 e. The Morgan fingerprint density at radius 3 is 1.88 bits per heavy atom. The molecular formula is C16H32O. The summed E-state index contributed by atoms with van der Waals surface area (Å²) in [7, 11) is 0. The van der Waals surface area contributed by atoms with Crippen molar-refractivity contribution >= 4 is 0 Å². The van der Waals surface area contributed by atoms with E-state index in [9.17, 15) is 0 Å². The first-order valence-electron chi connectivity index (χ1n) is 7.60. The van der Waals surface area contributed by atoms with Gasteiger partial charge < -0.3 is 5.11 Å². The monoisotopic (exact) mass is 240 g/mol. The lowest BCUT2D eigenvalue weighted by Crippen LogP contribution is -1.98. The molecule has 0 aromatic heterocycles. The second kappa shape index (κ2) is 13.8. The number of rotatable bonds is 12. The molecule has 0 aliphatic heterocycles. The molecule has 1 atom stereocenters. The number of unbranched alkanes of at least 4 members (excludes halogenated alkanes) is 8. The third-order valence-electron chi connectivity index (χ3n) is 3.13. The predicted molar refractivity (Wildman–Crippen MR) is 77.3 cm³/mol. The average Bonchev–Trinajstić information content (AvgIpc) is 2.30. The highest BCUT2D eigenvalue weighted by atomic mass is 16.3. The Morgan fingerprint density at radius 1 is 0.824 bits per heavy atom. The molecule has 0 heterocycles. The quantitative estimate of drug-likeness (QED) is 0.365. The van der Waals surface area contributed by atoms with E-state index in [0.717, 1.165) is 6.42 Å². The molecule has 0 radical (unpaired) electrons. The zero-order valence-corrected chi connectivity index (χ0v) is 12.0. The molecule has 1 nitrogen and oxygen atoms in total. The highest BCUT2D eigenvalue weighted by Crippen LogP contribution is 2.08. The third kappa shape index (κ3) is 15.7. The van der Waals surface area contributed by atoms with Crippen LogP contribution in [0.1, 0.15) is 84.5 Å². The van der Waals surface area contributed by atoms with Gasteiger partial charge in [0.05, 0.1) is 6.10 Å². The summed E-state index contributed by atoms with van der Waals surface area (Å²) in [6.45, 7) is 4.13. The van der Waals surface area contributed by atoms with Gasteiger partial charge in [0.15, 0.2) is 0 Å². The molecule has 0 aromatic rings. The van der Waals surface area contributed by atoms with Gasteiger partial charge >= 0.3 is 0 Å². The van der Waals surface area contributed by atoms with Crippen LogP contribution in [0.4, 0.5) is 0 Å². The Labute approximate surface area is 108 Å². The van der Waals surface area contributed by atoms with Crippen molar-refractivity contribution in [2.24, 2.45) is 0 Å². The molecule has 0 rings (SSSR count). The Morgan fingerprint density at radius 2 is 1.35 bits per heavy atom. The lowest BCUT2D eigenvalue weighted by atomic mass is 10.1. The van der Waals surface area contributed by atoms with Gasteiger partial charge in [-0.05, 0) is 39.0 Å². The lowest BCUT2D eigenvalue weighted by Gasteiger charge is -2.02. The summed E-state index contributed by atoms with van der Waals surface area (Å²) in [5.74, 6) is 0. The van der Waals surface area contributed by atoms with Crippen molar-refractivity contribution in [3.05, 3.63) is 12.2 Å². The van der Waals surface area contributed by atoms with E-state index in [1.165, 1.54) is 64.2 Å². The minimum absolute atomic E-state index is 0.113. The van der Waals surface area contributed by atoms with Gasteiger partial charge in [-0.2, -0.15) is 0 Å². The van der Waals surface area contributed by atoms with Crippen molar-refractivity contribution in [1.82, 2.24) is 0 Å². The van der Waals surface area contributed by atoms with Gasteiger partial charge in [0.2, 0.25) is 0 Å². The van der Waals surface area contributed by atoms with E-state index in [2.05, 4.69) is 19.1 Å². The average molecular weight is 240 g/mol. The van der Waals surface area contributed by atoms with Crippen LogP contribution in [0.2, 0.25) is 0 Å². The molecule has 102 valence electrons. The van der Waals surface area contributed by atoms with Crippen LogP contribution in [0.15, 0.2) is 12.2 Å². The summed E-state index contributed by atoms with van der Waals surface area (Å²) < 4.78 is 0. The van der Waals surface area contributed by atoms with Gasteiger partial charge in [-0.1, -0.05) is 57.6 Å². The molecule has 0 bridgehead atoms. The maximum atomic E-state index is 9.10. The van der Waals surface area contributed by atoms with E-state index in [0.29, 0.717) is 0 Å². The van der Waals surface area contributed by atoms with E-state index in [4.69, 9.17) is 5.11 Å². The first-order valence-corrected chi connectivity index (χ1v) is 7.60. The van der Waals surface area contributed by atoms with E-state index >= 15 is 0 Å². The summed E-state index contributed by atoms with van der Waals surface area (Å²) in [5.41, 5.74) is 0. The van der Waals surface area contributed by atoms with Gasteiger partial charge in [0.25, 0.3) is 0 Å². The van der Waals surface area contributed by atoms with Crippen LogP contribution >= 0.6 is 0 Å². The van der Waals surface area contributed by atoms with Gasteiger partial charge in [0, 0.05) is 0 Å².